The molecule has 1 fully saturated rings. The molecule has 5 N–H and O–H groups in total. The molecule has 1 aromatic carbocycles. The third-order valence-electron chi connectivity index (χ3n) is 8.14. The van der Waals surface area contributed by atoms with E-state index in [0.717, 1.165) is 9.87 Å². The number of nitrogens with one attached hydrogen (secondary N) is 5. The number of methoxy groups -OCH3 is 1. The lowest BCUT2D eigenvalue weighted by molar-refractivity contribution is -0.133. The van der Waals surface area contributed by atoms with Gasteiger partial charge in [-0.05, 0) is 61.1 Å². The predicted octanol–water partition coefficient (Wildman–Crippen LogP) is 1.59. The van der Waals surface area contributed by atoms with E-state index in [4.69, 9.17) is 9.15 Å². The molecule has 1 aliphatic rings. The summed E-state index contributed by atoms with van der Waals surface area (Å²) in [6.07, 6.45) is 1.78. The van der Waals surface area contributed by atoms with Crippen LogP contribution in [0, 0.1) is 11.8 Å². The first kappa shape index (κ1) is 37.1. The average Bonchev–Trinajstić information content (AvgIpc) is 3.76. The van der Waals surface area contributed by atoms with Crippen LogP contribution in [0.4, 0.5) is 0 Å². The largest absolute Gasteiger partial charge is 0.497 e. The molecule has 1 saturated heterocycles. The number of amides is 4. The number of benzene rings is 1. The number of carbonyl (C=O) groups is 4. The topological polar surface area (TPSA) is 205 Å². The minimum Gasteiger partial charge on any atom is -0.497 e. The number of hydrogen-bond donors (Lipinski definition) is 5. The normalized spacial score (nSPS) is 22.1. The van der Waals surface area contributed by atoms with Crippen LogP contribution in [0.25, 0.3) is 11.5 Å². The highest BCUT2D eigenvalue weighted by Gasteiger charge is 2.36. The molecule has 16 heteroatoms. The Kier molecular flexibility index (Phi) is 12.2. The van der Waals surface area contributed by atoms with Crippen LogP contribution in [0.15, 0.2) is 58.2 Å². The molecule has 0 unspecified atom stereocenters. The number of carbonyl (C=O) groups excluding carboxylic acids is 4. The summed E-state index contributed by atoms with van der Waals surface area (Å²) in [4.78, 5) is 54.3. The number of hydrogen-bond acceptors (Lipinski definition) is 9. The number of aromatic nitrogens is 2. The standard InChI is InChI=1S/C33H45N7O8S/c1-19(2)15-25-33(44)37-26(16-22-7-9-23(47-6)10-8-22)32(43)35-21(5)31(42)38-27(20(3)4)17-40(18-29(41)36-25)49(45,46)30-12-11-28(48-30)24-13-14-34-39-24/h7-14,19-21,25-27H,15-18H2,1-6H3,(H,34,39)(H,35,43)(H,36,41)(H,37,44)(H,38,42)/t21-,25+,26+,27-/m1/s1. The first-order chi connectivity index (χ1) is 23.2. The first-order valence-electron chi connectivity index (χ1n) is 16.1. The minimum absolute atomic E-state index is 0.0528. The number of rotatable bonds is 9. The maximum absolute atomic E-state index is 14.0. The van der Waals surface area contributed by atoms with Gasteiger partial charge in [0.15, 0.2) is 5.76 Å². The molecule has 4 amide bonds. The third-order valence-corrected chi connectivity index (χ3v) is 9.82. The van der Waals surface area contributed by atoms with Crippen molar-refractivity contribution < 1.29 is 36.7 Å². The number of H-pyrrole nitrogens is 1. The van der Waals surface area contributed by atoms with Gasteiger partial charge in [-0.15, -0.1) is 0 Å². The summed E-state index contributed by atoms with van der Waals surface area (Å²) in [7, 11) is -2.91. The fourth-order valence-electron chi connectivity index (χ4n) is 5.28. The van der Waals surface area contributed by atoms with Gasteiger partial charge in [-0.1, -0.05) is 39.8 Å². The lowest BCUT2D eigenvalue weighted by atomic mass is 10.0. The lowest BCUT2D eigenvalue weighted by Crippen LogP contribution is -2.57. The molecule has 3 aromatic rings. The highest BCUT2D eigenvalue weighted by Crippen LogP contribution is 2.26. The van der Waals surface area contributed by atoms with Crippen LogP contribution in [-0.2, 0) is 35.6 Å². The Bertz CT molecular complexity index is 1700. The van der Waals surface area contributed by atoms with Gasteiger partial charge < -0.3 is 30.4 Å². The fourth-order valence-corrected chi connectivity index (χ4v) is 6.62. The predicted molar refractivity (Wildman–Crippen MR) is 179 cm³/mol. The zero-order valence-electron chi connectivity index (χ0n) is 28.5. The van der Waals surface area contributed by atoms with Crippen molar-refractivity contribution in [3.63, 3.8) is 0 Å². The van der Waals surface area contributed by atoms with Crippen molar-refractivity contribution in [3.8, 4) is 17.2 Å². The van der Waals surface area contributed by atoms with Crippen molar-refractivity contribution in [1.82, 2.24) is 35.8 Å². The molecule has 266 valence electrons. The van der Waals surface area contributed by atoms with E-state index < -0.39 is 69.5 Å². The van der Waals surface area contributed by atoms with Gasteiger partial charge in [-0.25, -0.2) is 8.42 Å². The summed E-state index contributed by atoms with van der Waals surface area (Å²) in [5, 5.41) is 17.1. The molecule has 0 radical (unpaired) electrons. The fraction of sp³-hybridized carbons (Fsp3) is 0.485. The van der Waals surface area contributed by atoms with E-state index in [1.54, 1.807) is 44.2 Å². The Morgan fingerprint density at radius 2 is 1.59 bits per heavy atom. The quantitative estimate of drug-likeness (QED) is 0.220. The summed E-state index contributed by atoms with van der Waals surface area (Å²) >= 11 is 0. The van der Waals surface area contributed by atoms with Crippen molar-refractivity contribution >= 4 is 33.7 Å². The Labute approximate surface area is 286 Å². The molecule has 15 nitrogen and oxygen atoms in total. The zero-order valence-corrected chi connectivity index (χ0v) is 29.3. The van der Waals surface area contributed by atoms with Gasteiger partial charge in [0.2, 0.25) is 28.7 Å². The second-order valence-corrected chi connectivity index (χ2v) is 14.7. The SMILES string of the molecule is COc1ccc(C[C@@H]2NC(=O)[C@H](CC(C)C)NC(=O)CN(S(=O)(=O)c3ccc(-c4ccn[nH]4)o3)C[C@H](C(C)C)NC(=O)[C@@H](C)NC2=O)cc1. The van der Waals surface area contributed by atoms with Gasteiger partial charge in [-0.3, -0.25) is 24.3 Å². The summed E-state index contributed by atoms with van der Waals surface area (Å²) in [5.41, 5.74) is 1.17. The van der Waals surface area contributed by atoms with Crippen molar-refractivity contribution in [1.29, 1.82) is 0 Å². The second-order valence-electron chi connectivity index (χ2n) is 12.8. The molecule has 2 aromatic heterocycles. The monoisotopic (exact) mass is 699 g/mol. The molecular formula is C33H45N7O8S. The molecule has 0 saturated carbocycles. The second kappa shape index (κ2) is 16.1. The van der Waals surface area contributed by atoms with Gasteiger partial charge in [0.05, 0.1) is 13.7 Å². The molecule has 4 atom stereocenters. The summed E-state index contributed by atoms with van der Waals surface area (Å²) in [5.74, 6) is -2.07. The van der Waals surface area contributed by atoms with Gasteiger partial charge >= 0.3 is 0 Å². The van der Waals surface area contributed by atoms with Crippen molar-refractivity contribution in [2.45, 2.75) is 76.7 Å². The third kappa shape index (κ3) is 9.69. The van der Waals surface area contributed by atoms with Crippen LogP contribution in [0.3, 0.4) is 0 Å². The summed E-state index contributed by atoms with van der Waals surface area (Å²) < 4.78 is 39.9. The van der Waals surface area contributed by atoms with Gasteiger partial charge in [0, 0.05) is 25.2 Å². The van der Waals surface area contributed by atoms with E-state index in [-0.39, 0.29) is 37.0 Å². The molecule has 4 rings (SSSR count). The Morgan fingerprint density at radius 1 is 0.898 bits per heavy atom. The van der Waals surface area contributed by atoms with E-state index >= 15 is 0 Å². The number of aromatic amines is 1. The molecule has 0 aliphatic carbocycles. The van der Waals surface area contributed by atoms with Crippen LogP contribution in [0.5, 0.6) is 5.75 Å². The summed E-state index contributed by atoms with van der Waals surface area (Å²) in [6, 6.07) is 7.30. The van der Waals surface area contributed by atoms with E-state index in [0.29, 0.717) is 11.4 Å². The number of nitrogens with zero attached hydrogens (tertiary/aromatic N) is 2. The summed E-state index contributed by atoms with van der Waals surface area (Å²) in [6.45, 7) is 7.84. The van der Waals surface area contributed by atoms with E-state index in [9.17, 15) is 27.6 Å². The first-order valence-corrected chi connectivity index (χ1v) is 17.5. The van der Waals surface area contributed by atoms with Gasteiger partial charge in [-0.2, -0.15) is 9.40 Å². The van der Waals surface area contributed by atoms with Crippen LogP contribution < -0.4 is 26.0 Å². The highest BCUT2D eigenvalue weighted by molar-refractivity contribution is 7.89. The van der Waals surface area contributed by atoms with Crippen molar-refractivity contribution in [3.05, 3.63) is 54.2 Å². The molecule has 0 bridgehead atoms. The van der Waals surface area contributed by atoms with Crippen molar-refractivity contribution in [2.24, 2.45) is 11.8 Å². The maximum Gasteiger partial charge on any atom is 0.277 e. The Hall–Kier alpha value is -4.70. The van der Waals surface area contributed by atoms with E-state index in [1.807, 2.05) is 13.8 Å². The minimum atomic E-state index is -4.45. The smallest absolute Gasteiger partial charge is 0.277 e. The molecule has 49 heavy (non-hydrogen) atoms. The number of ether oxygens (including phenoxy) is 1. The molecule has 1 aliphatic heterocycles. The van der Waals surface area contributed by atoms with E-state index in [2.05, 4.69) is 31.5 Å². The maximum atomic E-state index is 14.0. The lowest BCUT2D eigenvalue weighted by Gasteiger charge is -2.30. The molecule has 0 spiro atoms. The number of sulfonamides is 1. The zero-order chi connectivity index (χ0) is 35.9. The van der Waals surface area contributed by atoms with Crippen LogP contribution in [0.1, 0.15) is 46.6 Å². The van der Waals surface area contributed by atoms with Gasteiger partial charge in [0.25, 0.3) is 10.0 Å². The van der Waals surface area contributed by atoms with E-state index in [1.165, 1.54) is 32.4 Å². The van der Waals surface area contributed by atoms with Crippen LogP contribution in [-0.4, -0.2) is 90.9 Å². The highest BCUT2D eigenvalue weighted by atomic mass is 32.2. The van der Waals surface area contributed by atoms with Crippen LogP contribution >= 0.6 is 0 Å². The Balaban J connectivity index is 1.70. The molecule has 3 heterocycles. The average molecular weight is 700 g/mol. The molecular weight excluding hydrogens is 654 g/mol. The van der Waals surface area contributed by atoms with Crippen LogP contribution in [0.2, 0.25) is 0 Å². The van der Waals surface area contributed by atoms with Crippen molar-refractivity contribution in [2.75, 3.05) is 20.2 Å². The number of furan rings is 1. The van der Waals surface area contributed by atoms with Gasteiger partial charge in [0.1, 0.15) is 29.6 Å². The Morgan fingerprint density at radius 3 is 2.20 bits per heavy atom.